The molecule has 174 valence electrons. The van der Waals surface area contributed by atoms with Crippen LogP contribution >= 0.6 is 0 Å². The molecule has 0 saturated heterocycles. The summed E-state index contributed by atoms with van der Waals surface area (Å²) >= 11 is 0. The number of aryl methyl sites for hydroxylation is 1. The van der Waals surface area contributed by atoms with Crippen LogP contribution in [0.15, 0.2) is 36.4 Å². The SMILES string of the molecule is CCOC(=O)c1ccc(C(=O)NCc2ccc(CC)cc2)n1CCNC(=O)OC(C)(C)C. The molecule has 0 bridgehead atoms. The van der Waals surface area contributed by atoms with Gasteiger partial charge in [0.1, 0.15) is 17.0 Å². The minimum atomic E-state index is -0.617. The van der Waals surface area contributed by atoms with Crippen molar-refractivity contribution in [1.29, 1.82) is 0 Å². The van der Waals surface area contributed by atoms with Gasteiger partial charge in [-0.1, -0.05) is 31.2 Å². The van der Waals surface area contributed by atoms with E-state index in [1.807, 2.05) is 24.3 Å². The Balaban J connectivity index is 2.10. The molecular weight excluding hydrogens is 410 g/mol. The van der Waals surface area contributed by atoms with E-state index in [-0.39, 0.29) is 31.3 Å². The summed E-state index contributed by atoms with van der Waals surface area (Å²) in [5, 5.41) is 5.53. The Labute approximate surface area is 189 Å². The Kier molecular flexibility index (Phi) is 8.87. The molecule has 0 atom stereocenters. The Morgan fingerprint density at radius 1 is 0.906 bits per heavy atom. The number of alkyl carbamates (subject to hydrolysis) is 1. The van der Waals surface area contributed by atoms with Crippen molar-refractivity contribution in [1.82, 2.24) is 15.2 Å². The first kappa shape index (κ1) is 25.0. The van der Waals surface area contributed by atoms with Crippen molar-refractivity contribution in [3.05, 3.63) is 58.9 Å². The number of amides is 2. The predicted molar refractivity (Wildman–Crippen MR) is 122 cm³/mol. The van der Waals surface area contributed by atoms with Gasteiger partial charge in [-0.2, -0.15) is 0 Å². The number of benzene rings is 1. The van der Waals surface area contributed by atoms with Gasteiger partial charge in [0, 0.05) is 19.6 Å². The van der Waals surface area contributed by atoms with E-state index < -0.39 is 17.7 Å². The molecule has 2 amide bonds. The maximum Gasteiger partial charge on any atom is 0.407 e. The number of hydrogen-bond donors (Lipinski definition) is 2. The normalized spacial score (nSPS) is 11.0. The van der Waals surface area contributed by atoms with Gasteiger partial charge in [0.05, 0.1) is 6.61 Å². The summed E-state index contributed by atoms with van der Waals surface area (Å²) in [5.41, 5.74) is 2.14. The third-order valence-corrected chi connectivity index (χ3v) is 4.59. The average molecular weight is 444 g/mol. The highest BCUT2D eigenvalue weighted by Crippen LogP contribution is 2.13. The van der Waals surface area contributed by atoms with Crippen LogP contribution in [0, 0.1) is 0 Å². The number of esters is 1. The number of carbonyl (C=O) groups excluding carboxylic acids is 3. The summed E-state index contributed by atoms with van der Waals surface area (Å²) in [6.07, 6.45) is 0.387. The molecule has 0 aliphatic heterocycles. The molecular formula is C24H33N3O5. The lowest BCUT2D eigenvalue weighted by Gasteiger charge is -2.20. The first-order valence-electron chi connectivity index (χ1n) is 10.8. The molecule has 0 radical (unpaired) electrons. The number of aromatic nitrogens is 1. The van der Waals surface area contributed by atoms with E-state index >= 15 is 0 Å². The van der Waals surface area contributed by atoms with Crippen LogP contribution in [0.1, 0.15) is 66.7 Å². The number of hydrogen-bond acceptors (Lipinski definition) is 5. The minimum Gasteiger partial charge on any atom is -0.461 e. The molecule has 1 heterocycles. The van der Waals surface area contributed by atoms with Crippen LogP contribution in [-0.4, -0.2) is 41.3 Å². The molecule has 1 aromatic heterocycles. The van der Waals surface area contributed by atoms with E-state index in [2.05, 4.69) is 17.6 Å². The fourth-order valence-electron chi connectivity index (χ4n) is 3.04. The quantitative estimate of drug-likeness (QED) is 0.576. The van der Waals surface area contributed by atoms with Gasteiger partial charge in [-0.05, 0) is 57.4 Å². The third kappa shape index (κ3) is 7.44. The minimum absolute atomic E-state index is 0.175. The molecule has 1 aromatic carbocycles. The molecule has 0 spiro atoms. The summed E-state index contributed by atoms with van der Waals surface area (Å²) in [6, 6.07) is 11.2. The van der Waals surface area contributed by atoms with Gasteiger partial charge in [0.15, 0.2) is 0 Å². The zero-order valence-electron chi connectivity index (χ0n) is 19.5. The van der Waals surface area contributed by atoms with Gasteiger partial charge >= 0.3 is 12.1 Å². The molecule has 0 aliphatic carbocycles. The van der Waals surface area contributed by atoms with Crippen LogP contribution in [0.25, 0.3) is 0 Å². The maximum absolute atomic E-state index is 12.8. The number of nitrogens with zero attached hydrogens (tertiary/aromatic N) is 1. The van der Waals surface area contributed by atoms with Crippen molar-refractivity contribution >= 4 is 18.0 Å². The second kappa shape index (κ2) is 11.4. The summed E-state index contributed by atoms with van der Waals surface area (Å²) in [7, 11) is 0. The van der Waals surface area contributed by atoms with Gasteiger partial charge in [0.2, 0.25) is 0 Å². The van der Waals surface area contributed by atoms with E-state index in [4.69, 9.17) is 9.47 Å². The highest BCUT2D eigenvalue weighted by Gasteiger charge is 2.21. The Bertz CT molecular complexity index is 926. The lowest BCUT2D eigenvalue weighted by molar-refractivity contribution is 0.0513. The van der Waals surface area contributed by atoms with Crippen molar-refractivity contribution in [3.8, 4) is 0 Å². The summed E-state index contributed by atoms with van der Waals surface area (Å²) in [4.78, 5) is 37.1. The summed E-state index contributed by atoms with van der Waals surface area (Å²) in [5.74, 6) is -0.851. The topological polar surface area (TPSA) is 98.7 Å². The van der Waals surface area contributed by atoms with Gasteiger partial charge in [0.25, 0.3) is 5.91 Å². The Morgan fingerprint density at radius 3 is 2.12 bits per heavy atom. The number of ether oxygens (including phenoxy) is 2. The lowest BCUT2D eigenvalue weighted by atomic mass is 10.1. The van der Waals surface area contributed by atoms with Crippen LogP contribution in [0.3, 0.4) is 0 Å². The van der Waals surface area contributed by atoms with Gasteiger partial charge in [-0.15, -0.1) is 0 Å². The summed E-state index contributed by atoms with van der Waals surface area (Å²) < 4.78 is 11.9. The first-order valence-corrected chi connectivity index (χ1v) is 10.8. The zero-order chi connectivity index (χ0) is 23.7. The molecule has 8 heteroatoms. The highest BCUT2D eigenvalue weighted by molar-refractivity contribution is 5.96. The fourth-order valence-corrected chi connectivity index (χ4v) is 3.04. The number of carbonyl (C=O) groups is 3. The second-order valence-electron chi connectivity index (χ2n) is 8.26. The van der Waals surface area contributed by atoms with Crippen molar-refractivity contribution in [2.45, 2.75) is 59.7 Å². The van der Waals surface area contributed by atoms with Gasteiger partial charge in [-0.3, -0.25) is 4.79 Å². The molecule has 0 aliphatic rings. The first-order chi connectivity index (χ1) is 15.1. The van der Waals surface area contributed by atoms with E-state index in [0.717, 1.165) is 12.0 Å². The van der Waals surface area contributed by atoms with Crippen LogP contribution < -0.4 is 10.6 Å². The highest BCUT2D eigenvalue weighted by atomic mass is 16.6. The van der Waals surface area contributed by atoms with Crippen LogP contribution in [0.4, 0.5) is 4.79 Å². The molecule has 32 heavy (non-hydrogen) atoms. The summed E-state index contributed by atoms with van der Waals surface area (Å²) in [6.45, 7) is 10.1. The second-order valence-corrected chi connectivity index (χ2v) is 8.26. The van der Waals surface area contributed by atoms with Crippen LogP contribution in [0.2, 0.25) is 0 Å². The Morgan fingerprint density at radius 2 is 1.53 bits per heavy atom. The molecule has 0 unspecified atom stereocenters. The predicted octanol–water partition coefficient (Wildman–Crippen LogP) is 3.68. The molecule has 2 rings (SSSR count). The third-order valence-electron chi connectivity index (χ3n) is 4.59. The van der Waals surface area contributed by atoms with Crippen molar-refractivity contribution in [2.75, 3.05) is 13.2 Å². The average Bonchev–Trinajstić information content (AvgIpc) is 3.15. The van der Waals surface area contributed by atoms with Crippen molar-refractivity contribution in [3.63, 3.8) is 0 Å². The van der Waals surface area contributed by atoms with Gasteiger partial charge < -0.3 is 24.7 Å². The van der Waals surface area contributed by atoms with E-state index in [9.17, 15) is 14.4 Å². The van der Waals surface area contributed by atoms with Crippen LogP contribution in [0.5, 0.6) is 0 Å². The monoisotopic (exact) mass is 443 g/mol. The molecule has 0 saturated carbocycles. The lowest BCUT2D eigenvalue weighted by Crippen LogP contribution is -2.35. The number of nitrogens with one attached hydrogen (secondary N) is 2. The smallest absolute Gasteiger partial charge is 0.407 e. The molecule has 2 N–H and O–H groups in total. The van der Waals surface area contributed by atoms with Gasteiger partial charge in [-0.25, -0.2) is 9.59 Å². The fraction of sp³-hybridized carbons (Fsp3) is 0.458. The molecule has 2 aromatic rings. The molecule has 8 nitrogen and oxygen atoms in total. The largest absolute Gasteiger partial charge is 0.461 e. The molecule has 0 fully saturated rings. The zero-order valence-corrected chi connectivity index (χ0v) is 19.5. The van der Waals surface area contributed by atoms with Crippen LogP contribution in [-0.2, 0) is 29.0 Å². The Hall–Kier alpha value is -3.29. The van der Waals surface area contributed by atoms with E-state index in [0.29, 0.717) is 12.2 Å². The van der Waals surface area contributed by atoms with E-state index in [1.165, 1.54) is 5.56 Å². The van der Waals surface area contributed by atoms with Crippen molar-refractivity contribution in [2.24, 2.45) is 0 Å². The maximum atomic E-state index is 12.8. The standard InChI is InChI=1S/C24H33N3O5/c1-6-17-8-10-18(11-9-17)16-26-21(28)19-12-13-20(22(29)31-7-2)27(19)15-14-25-23(30)32-24(3,4)5/h8-13H,6-7,14-16H2,1-5H3,(H,25,30)(H,26,28). The number of rotatable bonds is 9. The van der Waals surface area contributed by atoms with E-state index in [1.54, 1.807) is 44.4 Å². The van der Waals surface area contributed by atoms with Crippen molar-refractivity contribution < 1.29 is 23.9 Å².